The van der Waals surface area contributed by atoms with Gasteiger partial charge in [-0.3, -0.25) is 0 Å². The Morgan fingerprint density at radius 2 is 1.75 bits per heavy atom. The Bertz CT molecular complexity index is 283. The Morgan fingerprint density at radius 3 is 2.35 bits per heavy atom. The van der Waals surface area contributed by atoms with Crippen LogP contribution < -0.4 is 5.32 Å². The number of rotatable bonds is 5. The number of nitrogens with one attached hydrogen (secondary N) is 1. The lowest BCUT2D eigenvalue weighted by atomic mass is 9.79. The molecule has 0 bridgehead atoms. The minimum Gasteiger partial charge on any atom is -0.370 e. The third kappa shape index (κ3) is 4.46. The molecule has 3 unspecified atom stereocenters. The summed E-state index contributed by atoms with van der Waals surface area (Å²) in [5.41, 5.74) is 0.132. The van der Waals surface area contributed by atoms with E-state index in [1.165, 1.54) is 51.4 Å². The van der Waals surface area contributed by atoms with Crippen LogP contribution >= 0.6 is 0 Å². The molecular weight excluding hydrogens is 246 g/mol. The fraction of sp³-hybridized carbons (Fsp3) is 1.00. The van der Waals surface area contributed by atoms with Crippen LogP contribution in [0.15, 0.2) is 0 Å². The van der Waals surface area contributed by atoms with E-state index in [0.717, 1.165) is 18.4 Å². The average Bonchev–Trinajstić information content (AvgIpc) is 2.42. The van der Waals surface area contributed by atoms with Crippen molar-refractivity contribution < 1.29 is 4.74 Å². The lowest BCUT2D eigenvalue weighted by Gasteiger charge is -2.43. The maximum atomic E-state index is 6.73. The van der Waals surface area contributed by atoms with E-state index in [0.29, 0.717) is 12.1 Å². The van der Waals surface area contributed by atoms with Crippen LogP contribution in [0.1, 0.15) is 79.1 Å². The van der Waals surface area contributed by atoms with Gasteiger partial charge in [0.05, 0.1) is 11.7 Å². The zero-order valence-corrected chi connectivity index (χ0v) is 14.1. The maximum Gasteiger partial charge on any atom is 0.0810 e. The predicted molar refractivity (Wildman–Crippen MR) is 86.0 cm³/mol. The number of ether oxygens (including phenoxy) is 1. The standard InChI is InChI=1S/C18H35NO/c1-14(2)19-13-18(10-6-5-7-11-18)20-17-9-8-15(3)16(4)12-17/h14-17,19H,5-13H2,1-4H3. The van der Waals surface area contributed by atoms with E-state index < -0.39 is 0 Å². The van der Waals surface area contributed by atoms with E-state index in [1.807, 2.05) is 0 Å². The first-order chi connectivity index (χ1) is 9.51. The first kappa shape index (κ1) is 16.3. The van der Waals surface area contributed by atoms with Gasteiger partial charge >= 0.3 is 0 Å². The lowest BCUT2D eigenvalue weighted by Crippen LogP contribution is -2.49. The molecule has 0 heterocycles. The molecule has 0 aromatic carbocycles. The first-order valence-corrected chi connectivity index (χ1v) is 8.92. The fourth-order valence-electron chi connectivity index (χ4n) is 3.88. The number of hydrogen-bond acceptors (Lipinski definition) is 2. The molecule has 2 aliphatic carbocycles. The predicted octanol–water partition coefficient (Wildman–Crippen LogP) is 4.53. The van der Waals surface area contributed by atoms with E-state index in [2.05, 4.69) is 33.0 Å². The van der Waals surface area contributed by atoms with Crippen molar-refractivity contribution in [1.29, 1.82) is 0 Å². The zero-order valence-electron chi connectivity index (χ0n) is 14.1. The Hall–Kier alpha value is -0.0800. The molecule has 2 nitrogen and oxygen atoms in total. The summed E-state index contributed by atoms with van der Waals surface area (Å²) in [6.07, 6.45) is 11.0. The third-order valence-corrected chi connectivity index (χ3v) is 5.56. The molecule has 0 radical (unpaired) electrons. The quantitative estimate of drug-likeness (QED) is 0.799. The summed E-state index contributed by atoms with van der Waals surface area (Å²) >= 11 is 0. The van der Waals surface area contributed by atoms with Gasteiger partial charge in [-0.25, -0.2) is 0 Å². The molecule has 20 heavy (non-hydrogen) atoms. The summed E-state index contributed by atoms with van der Waals surface area (Å²) in [6, 6.07) is 0.558. The molecule has 1 N–H and O–H groups in total. The lowest BCUT2D eigenvalue weighted by molar-refractivity contribution is -0.131. The molecule has 0 aliphatic heterocycles. The van der Waals surface area contributed by atoms with Crippen LogP contribution in [0.4, 0.5) is 0 Å². The minimum absolute atomic E-state index is 0.132. The Balaban J connectivity index is 1.93. The van der Waals surface area contributed by atoms with Crippen molar-refractivity contribution in [2.75, 3.05) is 6.54 Å². The SMILES string of the molecule is CC(C)NCC1(OC2CCC(C)C(C)C2)CCCCC1. The second-order valence-corrected chi connectivity index (χ2v) is 7.79. The molecule has 2 rings (SSSR count). The van der Waals surface area contributed by atoms with Gasteiger partial charge in [0.25, 0.3) is 0 Å². The van der Waals surface area contributed by atoms with E-state index in [1.54, 1.807) is 0 Å². The van der Waals surface area contributed by atoms with Gasteiger partial charge in [-0.2, -0.15) is 0 Å². The third-order valence-electron chi connectivity index (χ3n) is 5.56. The van der Waals surface area contributed by atoms with Crippen molar-refractivity contribution in [3.63, 3.8) is 0 Å². The summed E-state index contributed by atoms with van der Waals surface area (Å²) in [4.78, 5) is 0. The van der Waals surface area contributed by atoms with Crippen molar-refractivity contribution in [3.8, 4) is 0 Å². The molecule has 0 aromatic heterocycles. The molecule has 2 fully saturated rings. The van der Waals surface area contributed by atoms with Crippen molar-refractivity contribution in [1.82, 2.24) is 5.32 Å². The van der Waals surface area contributed by atoms with Crippen LogP contribution in [0.25, 0.3) is 0 Å². The summed E-state index contributed by atoms with van der Waals surface area (Å²) in [5.74, 6) is 1.71. The zero-order chi connectivity index (χ0) is 14.6. The second kappa shape index (κ2) is 7.26. The van der Waals surface area contributed by atoms with Crippen LogP contribution in [-0.4, -0.2) is 24.3 Å². The molecule has 2 aliphatic rings. The van der Waals surface area contributed by atoms with Crippen molar-refractivity contribution >= 4 is 0 Å². The van der Waals surface area contributed by atoms with Gasteiger partial charge in [-0.1, -0.05) is 47.0 Å². The van der Waals surface area contributed by atoms with Gasteiger partial charge in [-0.15, -0.1) is 0 Å². The topological polar surface area (TPSA) is 21.3 Å². The van der Waals surface area contributed by atoms with E-state index in [4.69, 9.17) is 4.74 Å². The first-order valence-electron chi connectivity index (χ1n) is 8.92. The molecule has 0 spiro atoms. The smallest absolute Gasteiger partial charge is 0.0810 e. The maximum absolute atomic E-state index is 6.73. The summed E-state index contributed by atoms with van der Waals surface area (Å²) < 4.78 is 6.73. The highest BCUT2D eigenvalue weighted by Gasteiger charge is 2.37. The van der Waals surface area contributed by atoms with Gasteiger partial charge in [-0.05, 0) is 43.9 Å². The van der Waals surface area contributed by atoms with E-state index in [9.17, 15) is 0 Å². The summed E-state index contributed by atoms with van der Waals surface area (Å²) in [7, 11) is 0. The average molecular weight is 281 g/mol. The minimum atomic E-state index is 0.132. The van der Waals surface area contributed by atoms with Crippen LogP contribution in [0, 0.1) is 11.8 Å². The summed E-state index contributed by atoms with van der Waals surface area (Å²) in [5, 5.41) is 3.64. The van der Waals surface area contributed by atoms with Gasteiger partial charge < -0.3 is 10.1 Å². The van der Waals surface area contributed by atoms with Crippen molar-refractivity contribution in [2.24, 2.45) is 11.8 Å². The molecule has 3 atom stereocenters. The van der Waals surface area contributed by atoms with E-state index in [-0.39, 0.29) is 5.60 Å². The second-order valence-electron chi connectivity index (χ2n) is 7.79. The molecule has 0 aromatic rings. The van der Waals surface area contributed by atoms with Crippen LogP contribution in [0.3, 0.4) is 0 Å². The summed E-state index contributed by atoms with van der Waals surface area (Å²) in [6.45, 7) is 10.3. The fourth-order valence-corrected chi connectivity index (χ4v) is 3.88. The van der Waals surface area contributed by atoms with Crippen molar-refractivity contribution in [2.45, 2.75) is 96.8 Å². The number of hydrogen-bond donors (Lipinski definition) is 1. The van der Waals surface area contributed by atoms with Crippen molar-refractivity contribution in [3.05, 3.63) is 0 Å². The van der Waals surface area contributed by atoms with Crippen LogP contribution in [-0.2, 0) is 4.74 Å². The van der Waals surface area contributed by atoms with Crippen LogP contribution in [0.2, 0.25) is 0 Å². The highest BCUT2D eigenvalue weighted by Crippen LogP contribution is 2.38. The molecule has 0 amide bonds. The van der Waals surface area contributed by atoms with Gasteiger partial charge in [0.2, 0.25) is 0 Å². The molecule has 0 saturated heterocycles. The largest absolute Gasteiger partial charge is 0.370 e. The Kier molecular flexibility index (Phi) is 5.92. The molecular formula is C18H35NO. The van der Waals surface area contributed by atoms with Gasteiger partial charge in [0, 0.05) is 12.6 Å². The monoisotopic (exact) mass is 281 g/mol. The highest BCUT2D eigenvalue weighted by molar-refractivity contribution is 4.89. The Morgan fingerprint density at radius 1 is 1.05 bits per heavy atom. The van der Waals surface area contributed by atoms with Crippen LogP contribution in [0.5, 0.6) is 0 Å². The van der Waals surface area contributed by atoms with Gasteiger partial charge in [0.15, 0.2) is 0 Å². The molecule has 118 valence electrons. The Labute approximate surface area is 126 Å². The van der Waals surface area contributed by atoms with E-state index >= 15 is 0 Å². The molecule has 2 heteroatoms. The normalized spacial score (nSPS) is 34.4. The molecule has 2 saturated carbocycles. The highest BCUT2D eigenvalue weighted by atomic mass is 16.5. The van der Waals surface area contributed by atoms with Gasteiger partial charge in [0.1, 0.15) is 0 Å².